The van der Waals surface area contributed by atoms with Crippen molar-refractivity contribution in [3.05, 3.63) is 53.6 Å². The lowest BCUT2D eigenvalue weighted by Gasteiger charge is -2.18. The molecular formula is C21H24F2N2O5. The molecule has 0 aliphatic rings. The van der Waals surface area contributed by atoms with Crippen LogP contribution in [0, 0.1) is 0 Å². The number of benzene rings is 2. The first-order valence-corrected chi connectivity index (χ1v) is 9.19. The second kappa shape index (κ2) is 11.1. The van der Waals surface area contributed by atoms with Gasteiger partial charge in [0.15, 0.2) is 11.5 Å². The van der Waals surface area contributed by atoms with E-state index in [1.165, 1.54) is 13.2 Å². The summed E-state index contributed by atoms with van der Waals surface area (Å²) in [4.78, 5) is 25.5. The van der Waals surface area contributed by atoms with Gasteiger partial charge < -0.3 is 19.5 Å². The summed E-state index contributed by atoms with van der Waals surface area (Å²) in [5.74, 6) is -0.514. The summed E-state index contributed by atoms with van der Waals surface area (Å²) in [6.07, 6.45) is 0. The number of likely N-dealkylation sites (N-methyl/N-ethyl adjacent to an activating group) is 1. The van der Waals surface area contributed by atoms with E-state index < -0.39 is 12.6 Å². The molecule has 0 spiro atoms. The number of methoxy groups -OCH3 is 1. The quantitative estimate of drug-likeness (QED) is 0.590. The Morgan fingerprint density at radius 1 is 1.10 bits per heavy atom. The highest BCUT2D eigenvalue weighted by molar-refractivity contribution is 5.93. The number of hydrogen-bond acceptors (Lipinski definition) is 6. The first kappa shape index (κ1) is 23.1. The molecule has 0 radical (unpaired) electrons. The van der Waals surface area contributed by atoms with Crippen LogP contribution in [-0.2, 0) is 16.1 Å². The van der Waals surface area contributed by atoms with Crippen LogP contribution in [-0.4, -0.2) is 50.7 Å². The van der Waals surface area contributed by atoms with Gasteiger partial charge >= 0.3 is 12.6 Å². The molecule has 0 saturated carbocycles. The molecule has 0 atom stereocenters. The summed E-state index contributed by atoms with van der Waals surface area (Å²) in [6.45, 7) is -0.409. The highest BCUT2D eigenvalue weighted by atomic mass is 19.3. The summed E-state index contributed by atoms with van der Waals surface area (Å²) < 4.78 is 39.4. The zero-order chi connectivity index (χ0) is 22.1. The number of nitrogens with zero attached hydrogens (tertiary/aromatic N) is 1. The lowest BCUT2D eigenvalue weighted by atomic mass is 10.2. The Balaban J connectivity index is 1.94. The van der Waals surface area contributed by atoms with Crippen molar-refractivity contribution in [2.75, 3.05) is 32.6 Å². The molecule has 162 valence electrons. The number of carbonyl (C=O) groups is 2. The van der Waals surface area contributed by atoms with Gasteiger partial charge in [-0.05, 0) is 55.9 Å². The Kier molecular flexibility index (Phi) is 8.54. The van der Waals surface area contributed by atoms with E-state index in [9.17, 15) is 18.4 Å². The van der Waals surface area contributed by atoms with Gasteiger partial charge in [-0.25, -0.2) is 4.79 Å². The Hall–Kier alpha value is -3.20. The van der Waals surface area contributed by atoms with Crippen molar-refractivity contribution in [3.63, 3.8) is 0 Å². The van der Waals surface area contributed by atoms with Gasteiger partial charge in [0, 0.05) is 12.2 Å². The Morgan fingerprint density at radius 3 is 2.40 bits per heavy atom. The maximum atomic E-state index is 12.5. The van der Waals surface area contributed by atoms with Crippen LogP contribution in [0.15, 0.2) is 42.5 Å². The van der Waals surface area contributed by atoms with E-state index in [0.717, 1.165) is 5.56 Å². The third-order valence-corrected chi connectivity index (χ3v) is 3.98. The number of carbonyl (C=O) groups excluding carboxylic acids is 2. The lowest BCUT2D eigenvalue weighted by Crippen LogP contribution is -2.29. The second-order valence-corrected chi connectivity index (χ2v) is 6.38. The minimum atomic E-state index is -2.94. The Morgan fingerprint density at radius 2 is 1.80 bits per heavy atom. The molecule has 2 rings (SSSR count). The lowest BCUT2D eigenvalue weighted by molar-refractivity contribution is -0.117. The number of ether oxygens (including phenoxy) is 3. The zero-order valence-corrected chi connectivity index (χ0v) is 17.0. The number of rotatable bonds is 10. The first-order valence-electron chi connectivity index (χ1n) is 9.19. The SMILES string of the molecule is CCOc1cc(CN(C)CC(=O)Nc2ccc(C(=O)OC)cc2)ccc1OC(F)F. The van der Waals surface area contributed by atoms with Crippen molar-refractivity contribution < 1.29 is 32.6 Å². The second-order valence-electron chi connectivity index (χ2n) is 6.38. The van der Waals surface area contributed by atoms with Crippen molar-refractivity contribution in [1.29, 1.82) is 0 Å². The molecule has 9 heteroatoms. The standard InChI is InChI=1S/C21H24F2N2O5/c1-4-29-18-11-14(5-10-17(18)30-21(22)23)12-25(2)13-19(26)24-16-8-6-15(7-9-16)20(27)28-3/h5-11,21H,4,12-13H2,1-3H3,(H,24,26). The molecule has 0 fully saturated rings. The van der Waals surface area contributed by atoms with Gasteiger partial charge in [-0.3, -0.25) is 9.69 Å². The van der Waals surface area contributed by atoms with Crippen LogP contribution in [0.1, 0.15) is 22.8 Å². The van der Waals surface area contributed by atoms with Gasteiger partial charge in [0.2, 0.25) is 5.91 Å². The molecular weight excluding hydrogens is 398 g/mol. The average Bonchev–Trinajstić information content (AvgIpc) is 2.69. The molecule has 0 aromatic heterocycles. The number of alkyl halides is 2. The minimum Gasteiger partial charge on any atom is -0.490 e. The molecule has 1 N–H and O–H groups in total. The zero-order valence-electron chi connectivity index (χ0n) is 17.0. The summed E-state index contributed by atoms with van der Waals surface area (Å²) in [5, 5.41) is 2.74. The minimum absolute atomic E-state index is 0.0357. The van der Waals surface area contributed by atoms with Gasteiger partial charge in [-0.15, -0.1) is 0 Å². The van der Waals surface area contributed by atoms with Gasteiger partial charge in [0.1, 0.15) is 0 Å². The fourth-order valence-electron chi connectivity index (χ4n) is 2.73. The Bertz CT molecular complexity index is 859. The number of nitrogens with one attached hydrogen (secondary N) is 1. The van der Waals surface area contributed by atoms with Gasteiger partial charge in [0.05, 0.1) is 25.8 Å². The van der Waals surface area contributed by atoms with E-state index in [2.05, 4.69) is 14.8 Å². The normalized spacial score (nSPS) is 10.8. The highest BCUT2D eigenvalue weighted by Gasteiger charge is 2.14. The number of halogens is 2. The maximum Gasteiger partial charge on any atom is 0.387 e. The molecule has 1 amide bonds. The van der Waals surface area contributed by atoms with E-state index in [0.29, 0.717) is 24.4 Å². The third-order valence-electron chi connectivity index (χ3n) is 3.98. The van der Waals surface area contributed by atoms with Crippen LogP contribution in [0.3, 0.4) is 0 Å². The molecule has 2 aromatic rings. The maximum absolute atomic E-state index is 12.5. The molecule has 0 saturated heterocycles. The van der Waals surface area contributed by atoms with E-state index in [1.54, 1.807) is 55.3 Å². The number of esters is 1. The van der Waals surface area contributed by atoms with Crippen LogP contribution >= 0.6 is 0 Å². The van der Waals surface area contributed by atoms with Gasteiger partial charge in [-0.2, -0.15) is 8.78 Å². The van der Waals surface area contributed by atoms with Crippen LogP contribution in [0.4, 0.5) is 14.5 Å². The van der Waals surface area contributed by atoms with Crippen molar-refractivity contribution in [3.8, 4) is 11.5 Å². The Labute approximate surface area is 173 Å². The molecule has 2 aromatic carbocycles. The number of amides is 1. The molecule has 7 nitrogen and oxygen atoms in total. The highest BCUT2D eigenvalue weighted by Crippen LogP contribution is 2.30. The van der Waals surface area contributed by atoms with E-state index >= 15 is 0 Å². The molecule has 0 unspecified atom stereocenters. The van der Waals surface area contributed by atoms with E-state index in [1.807, 2.05) is 0 Å². The summed E-state index contributed by atoms with van der Waals surface area (Å²) in [7, 11) is 3.05. The monoisotopic (exact) mass is 422 g/mol. The fourth-order valence-corrected chi connectivity index (χ4v) is 2.73. The van der Waals surface area contributed by atoms with Crippen molar-refractivity contribution in [2.24, 2.45) is 0 Å². The topological polar surface area (TPSA) is 77.1 Å². The predicted octanol–water partition coefficient (Wildman–Crippen LogP) is 3.54. The van der Waals surface area contributed by atoms with Gasteiger partial charge in [0.25, 0.3) is 0 Å². The average molecular weight is 422 g/mol. The molecule has 30 heavy (non-hydrogen) atoms. The van der Waals surface area contributed by atoms with Crippen LogP contribution in [0.2, 0.25) is 0 Å². The van der Waals surface area contributed by atoms with Crippen LogP contribution < -0.4 is 14.8 Å². The molecule has 0 bridgehead atoms. The first-order chi connectivity index (χ1) is 14.3. The van der Waals surface area contributed by atoms with E-state index in [-0.39, 0.29) is 24.0 Å². The summed E-state index contributed by atoms with van der Waals surface area (Å²) in [5.41, 5.74) is 1.71. The van der Waals surface area contributed by atoms with E-state index in [4.69, 9.17) is 4.74 Å². The number of anilines is 1. The third kappa shape index (κ3) is 7.00. The van der Waals surface area contributed by atoms with Crippen molar-refractivity contribution in [2.45, 2.75) is 20.1 Å². The molecule has 0 aliphatic carbocycles. The van der Waals surface area contributed by atoms with Crippen molar-refractivity contribution in [1.82, 2.24) is 4.90 Å². The number of hydrogen-bond donors (Lipinski definition) is 1. The molecule has 0 heterocycles. The van der Waals surface area contributed by atoms with Crippen LogP contribution in [0.25, 0.3) is 0 Å². The predicted molar refractivity (Wildman–Crippen MR) is 107 cm³/mol. The van der Waals surface area contributed by atoms with Crippen LogP contribution in [0.5, 0.6) is 11.5 Å². The fraction of sp³-hybridized carbons (Fsp3) is 0.333. The summed E-state index contributed by atoms with van der Waals surface area (Å²) in [6, 6.07) is 11.0. The van der Waals surface area contributed by atoms with Crippen molar-refractivity contribution >= 4 is 17.6 Å². The summed E-state index contributed by atoms with van der Waals surface area (Å²) >= 11 is 0. The largest absolute Gasteiger partial charge is 0.490 e. The molecule has 0 aliphatic heterocycles. The van der Waals surface area contributed by atoms with Gasteiger partial charge in [-0.1, -0.05) is 6.07 Å². The smallest absolute Gasteiger partial charge is 0.387 e.